The Bertz CT molecular complexity index is 413. The molecule has 1 aliphatic rings. The molecule has 1 aliphatic heterocycles. The molecule has 1 aromatic carbocycles. The molecule has 0 unspecified atom stereocenters. The van der Waals surface area contributed by atoms with Crippen LogP contribution in [0.15, 0.2) is 29.3 Å². The molecular weight excluding hydrogens is 256 g/mol. The second-order valence-electron chi connectivity index (χ2n) is 3.70. The summed E-state index contributed by atoms with van der Waals surface area (Å²) in [7, 11) is 0. The molecule has 3 nitrogen and oxygen atoms in total. The molecule has 1 aromatic rings. The molecule has 2 rings (SSSR count). The molecule has 5 heteroatoms. The van der Waals surface area contributed by atoms with Crippen molar-refractivity contribution in [3.8, 4) is 0 Å². The van der Waals surface area contributed by atoms with Gasteiger partial charge in [-0.25, -0.2) is 4.99 Å². The van der Waals surface area contributed by atoms with E-state index in [0.29, 0.717) is 10.0 Å². The Morgan fingerprint density at radius 3 is 2.59 bits per heavy atom. The first-order valence-corrected chi connectivity index (χ1v) is 6.20. The lowest BCUT2D eigenvalue weighted by Gasteiger charge is -2.24. The first-order chi connectivity index (χ1) is 8.25. The van der Waals surface area contributed by atoms with Gasteiger partial charge in [-0.1, -0.05) is 36.0 Å². The number of ether oxygens (including phenoxy) is 1. The molecule has 1 saturated heterocycles. The SMILES string of the molecule is S=C(N=CN1CCOCC1)c1ccc(Cl)cc1. The van der Waals surface area contributed by atoms with Gasteiger partial charge in [0.2, 0.25) is 0 Å². The summed E-state index contributed by atoms with van der Waals surface area (Å²) in [5.41, 5.74) is 0.911. The van der Waals surface area contributed by atoms with Crippen molar-refractivity contribution in [2.75, 3.05) is 26.3 Å². The van der Waals surface area contributed by atoms with E-state index >= 15 is 0 Å². The number of hydrogen-bond acceptors (Lipinski definition) is 2. The summed E-state index contributed by atoms with van der Waals surface area (Å²) in [6.07, 6.45) is 1.79. The molecule has 1 heterocycles. The maximum atomic E-state index is 5.81. The smallest absolute Gasteiger partial charge is 0.135 e. The number of nitrogens with zero attached hydrogens (tertiary/aromatic N) is 2. The molecule has 0 saturated carbocycles. The minimum atomic E-state index is 0.577. The van der Waals surface area contributed by atoms with Gasteiger partial charge >= 0.3 is 0 Å². The molecule has 0 bridgehead atoms. The van der Waals surface area contributed by atoms with E-state index < -0.39 is 0 Å². The van der Waals surface area contributed by atoms with Gasteiger partial charge in [-0.05, 0) is 12.1 Å². The number of aliphatic imine (C=N–C) groups is 1. The summed E-state index contributed by atoms with van der Waals surface area (Å²) in [6, 6.07) is 7.38. The number of hydrogen-bond donors (Lipinski definition) is 0. The summed E-state index contributed by atoms with van der Waals surface area (Å²) in [4.78, 5) is 6.96. The summed E-state index contributed by atoms with van der Waals surface area (Å²) in [5.74, 6) is 0. The molecule has 17 heavy (non-hydrogen) atoms. The van der Waals surface area contributed by atoms with Crippen LogP contribution in [-0.4, -0.2) is 42.5 Å². The van der Waals surface area contributed by atoms with E-state index in [4.69, 9.17) is 28.6 Å². The van der Waals surface area contributed by atoms with Crippen LogP contribution in [0.3, 0.4) is 0 Å². The van der Waals surface area contributed by atoms with Crippen LogP contribution in [0.4, 0.5) is 0 Å². The quantitative estimate of drug-likeness (QED) is 0.468. The molecule has 0 atom stereocenters. The van der Waals surface area contributed by atoms with Crippen LogP contribution in [-0.2, 0) is 4.74 Å². The average Bonchev–Trinajstić information content (AvgIpc) is 2.38. The fourth-order valence-corrected chi connectivity index (χ4v) is 1.80. The van der Waals surface area contributed by atoms with Gasteiger partial charge in [-0.2, -0.15) is 0 Å². The second-order valence-corrected chi connectivity index (χ2v) is 4.53. The largest absolute Gasteiger partial charge is 0.378 e. The van der Waals surface area contributed by atoms with E-state index in [1.54, 1.807) is 6.34 Å². The minimum Gasteiger partial charge on any atom is -0.378 e. The maximum absolute atomic E-state index is 5.81. The molecule has 0 radical (unpaired) electrons. The fourth-order valence-electron chi connectivity index (χ4n) is 1.49. The molecule has 90 valence electrons. The number of rotatable bonds is 2. The van der Waals surface area contributed by atoms with Crippen LogP contribution in [0.25, 0.3) is 0 Å². The summed E-state index contributed by atoms with van der Waals surface area (Å²) < 4.78 is 5.25. The van der Waals surface area contributed by atoms with Gasteiger partial charge in [0.1, 0.15) is 4.99 Å². The monoisotopic (exact) mass is 268 g/mol. The second kappa shape index (κ2) is 6.10. The Balaban J connectivity index is 1.96. The first-order valence-electron chi connectivity index (χ1n) is 5.41. The third kappa shape index (κ3) is 3.77. The van der Waals surface area contributed by atoms with Crippen molar-refractivity contribution in [3.05, 3.63) is 34.9 Å². The number of morpholine rings is 1. The van der Waals surface area contributed by atoms with Gasteiger partial charge in [-0.15, -0.1) is 0 Å². The highest BCUT2D eigenvalue weighted by Crippen LogP contribution is 2.10. The molecule has 1 fully saturated rings. The molecule has 0 aliphatic carbocycles. The van der Waals surface area contributed by atoms with E-state index in [1.165, 1.54) is 0 Å². The lowest BCUT2D eigenvalue weighted by Crippen LogP contribution is -2.35. The van der Waals surface area contributed by atoms with Crippen molar-refractivity contribution < 1.29 is 4.74 Å². The number of benzene rings is 1. The normalized spacial score (nSPS) is 16.4. The third-order valence-corrected chi connectivity index (χ3v) is 3.07. The highest BCUT2D eigenvalue weighted by molar-refractivity contribution is 7.80. The van der Waals surface area contributed by atoms with Crippen LogP contribution >= 0.6 is 23.8 Å². The molecular formula is C12H13ClN2OS. The Labute approximate surface area is 111 Å². The zero-order chi connectivity index (χ0) is 12.1. The molecule has 0 spiro atoms. The Hall–Kier alpha value is -0.970. The van der Waals surface area contributed by atoms with Gasteiger partial charge in [0.25, 0.3) is 0 Å². The van der Waals surface area contributed by atoms with Crippen LogP contribution in [0.1, 0.15) is 5.56 Å². The van der Waals surface area contributed by atoms with Crippen LogP contribution in [0, 0.1) is 0 Å². The highest BCUT2D eigenvalue weighted by Gasteiger charge is 2.06. The lowest BCUT2D eigenvalue weighted by atomic mass is 10.2. The van der Waals surface area contributed by atoms with Crippen LogP contribution in [0.5, 0.6) is 0 Å². The van der Waals surface area contributed by atoms with Crippen molar-refractivity contribution in [1.82, 2.24) is 4.90 Å². The lowest BCUT2D eigenvalue weighted by molar-refractivity contribution is 0.0701. The summed E-state index contributed by atoms with van der Waals surface area (Å²) >= 11 is 11.0. The van der Waals surface area contributed by atoms with Crippen LogP contribution < -0.4 is 0 Å². The number of halogens is 1. The molecule has 0 amide bonds. The van der Waals surface area contributed by atoms with Crippen molar-refractivity contribution in [2.24, 2.45) is 4.99 Å². The van der Waals surface area contributed by atoms with Crippen molar-refractivity contribution >= 4 is 35.1 Å². The molecule has 0 N–H and O–H groups in total. The maximum Gasteiger partial charge on any atom is 0.135 e. The standard InChI is InChI=1S/C12H13ClN2OS/c13-11-3-1-10(2-4-11)12(17)14-9-15-5-7-16-8-6-15/h1-4,9H,5-8H2. The average molecular weight is 269 g/mol. The zero-order valence-corrected chi connectivity index (χ0v) is 10.9. The van der Waals surface area contributed by atoms with E-state index in [1.807, 2.05) is 24.3 Å². The van der Waals surface area contributed by atoms with Crippen molar-refractivity contribution in [2.45, 2.75) is 0 Å². The van der Waals surface area contributed by atoms with Crippen molar-refractivity contribution in [1.29, 1.82) is 0 Å². The molecule has 0 aromatic heterocycles. The first kappa shape index (κ1) is 12.5. The van der Waals surface area contributed by atoms with Gasteiger partial charge in [-0.3, -0.25) is 0 Å². The Morgan fingerprint density at radius 1 is 1.29 bits per heavy atom. The fraction of sp³-hybridized carbons (Fsp3) is 0.333. The van der Waals surface area contributed by atoms with Crippen LogP contribution in [0.2, 0.25) is 5.02 Å². The highest BCUT2D eigenvalue weighted by atomic mass is 35.5. The number of thiocarbonyl (C=S) groups is 1. The topological polar surface area (TPSA) is 24.8 Å². The van der Waals surface area contributed by atoms with E-state index in [-0.39, 0.29) is 0 Å². The minimum absolute atomic E-state index is 0.577. The predicted molar refractivity (Wildman–Crippen MR) is 74.0 cm³/mol. The zero-order valence-electron chi connectivity index (χ0n) is 9.30. The Morgan fingerprint density at radius 2 is 1.94 bits per heavy atom. The van der Waals surface area contributed by atoms with Gasteiger partial charge in [0.05, 0.1) is 19.6 Å². The van der Waals surface area contributed by atoms with Crippen molar-refractivity contribution in [3.63, 3.8) is 0 Å². The van der Waals surface area contributed by atoms with Gasteiger partial charge in [0, 0.05) is 23.7 Å². The van der Waals surface area contributed by atoms with Gasteiger partial charge in [0.15, 0.2) is 0 Å². The Kier molecular flexibility index (Phi) is 4.48. The summed E-state index contributed by atoms with van der Waals surface area (Å²) in [6.45, 7) is 3.24. The van der Waals surface area contributed by atoms with E-state index in [9.17, 15) is 0 Å². The van der Waals surface area contributed by atoms with E-state index in [0.717, 1.165) is 31.9 Å². The predicted octanol–water partition coefficient (Wildman–Crippen LogP) is 2.38. The van der Waals surface area contributed by atoms with E-state index in [2.05, 4.69) is 9.89 Å². The third-order valence-electron chi connectivity index (χ3n) is 2.48. The summed E-state index contributed by atoms with van der Waals surface area (Å²) in [5, 5.41) is 0.703. The van der Waals surface area contributed by atoms with Gasteiger partial charge < -0.3 is 9.64 Å².